The molecule has 5 aliphatic heterocycles. The van der Waals surface area contributed by atoms with Gasteiger partial charge < -0.3 is 50.5 Å². The quantitative estimate of drug-likeness (QED) is 0.0203. The van der Waals surface area contributed by atoms with Crippen LogP contribution in [-0.4, -0.2) is 129 Å². The molecular formula is C74H115BrN2O14S2. The van der Waals surface area contributed by atoms with E-state index in [4.69, 9.17) is 33.3 Å². The maximum absolute atomic E-state index is 13.8. The van der Waals surface area contributed by atoms with Crippen molar-refractivity contribution in [2.75, 3.05) is 50.3 Å². The van der Waals surface area contributed by atoms with Crippen LogP contribution in [0.15, 0.2) is 60.7 Å². The molecule has 5 aliphatic rings. The van der Waals surface area contributed by atoms with E-state index in [-0.39, 0.29) is 76.0 Å². The van der Waals surface area contributed by atoms with E-state index < -0.39 is 41.2 Å². The SMILES string of the molecule is CCCCCOC(=O)C(C(=O)OCCCCC)C(=O)OCCCCC.CCCCCOC(=O)C(CCCCC)(CCCC1SC[C@]2(C)CC(=O)N(Cc3ccccc3)[C@]12C)C(=O)OCCCCC.C[C@@]12CC(=O)N(Cc3ccccc3)[C@]1(C)C1CCC[S+]1C2.O=C=O.[Br-]. The van der Waals surface area contributed by atoms with Crippen molar-refractivity contribution in [3.05, 3.63) is 71.8 Å². The highest BCUT2D eigenvalue weighted by Crippen LogP contribution is 2.61. The summed E-state index contributed by atoms with van der Waals surface area (Å²) in [7, 11) is 0.557. The molecule has 0 N–H and O–H groups in total. The van der Waals surface area contributed by atoms with E-state index in [0.717, 1.165) is 132 Å². The van der Waals surface area contributed by atoms with Crippen LogP contribution < -0.4 is 17.0 Å². The molecule has 16 nitrogen and oxygen atoms in total. The van der Waals surface area contributed by atoms with Gasteiger partial charge in [0.15, 0.2) is 5.41 Å². The van der Waals surface area contributed by atoms with Crippen molar-refractivity contribution in [2.45, 2.75) is 271 Å². The standard InChI is InChI=1S/C36H57NO5S.C19H34O6.C18H24NOS.CO2.BrH/c1-6-9-15-22-36(32(39)41-24-16-10-7-2,33(40)42-25-17-11-8-3)23-18-21-30-35(5)34(4,28-43-30)26-31(38)37(35)27-29-19-13-12-14-20-29;1-4-7-10-13-23-17(20)16(18(21)24-14-11-8-5-2)19(22)25-15-12-9-6-3;1-17-11-16(20)19(12-14-7-4-3-5-8-14)18(17,2)15-9-6-10-21(15)13-17;2-1-3;/h12-14,19-20,30H,6-11,15-18,21-28H2,1-5H3;16H,4-15H2,1-3H3;3-5,7-8,15H,6,9-13H2,1-2H3;;1H/q;;+1;;/p-1/t30?,34-,35+;;15?,17-,18+,21?;;/m0.0../s1. The van der Waals surface area contributed by atoms with E-state index in [0.29, 0.717) is 81.5 Å². The molecule has 3 unspecified atom stereocenters. The monoisotopic (exact) mass is 1400 g/mol. The third kappa shape index (κ3) is 22.7. The average Bonchev–Trinajstić information content (AvgIpc) is 1.55. The highest BCUT2D eigenvalue weighted by Gasteiger charge is 2.73. The summed E-state index contributed by atoms with van der Waals surface area (Å²) in [5.74, 6) is -0.858. The minimum absolute atomic E-state index is 0. The number of likely N-dealkylation sites (tertiary alicyclic amines) is 2. The number of carbonyl (C=O) groups is 7. The molecule has 7 atom stereocenters. The predicted molar refractivity (Wildman–Crippen MR) is 364 cm³/mol. The van der Waals surface area contributed by atoms with Crippen molar-refractivity contribution in [2.24, 2.45) is 22.2 Å². The number of halogens is 1. The van der Waals surface area contributed by atoms with Crippen LogP contribution in [0.4, 0.5) is 0 Å². The first-order chi connectivity index (χ1) is 44.2. The van der Waals surface area contributed by atoms with Gasteiger partial charge in [0.1, 0.15) is 16.8 Å². The maximum Gasteiger partial charge on any atom is 0.373 e. The number of hydrogen-bond acceptors (Lipinski definition) is 15. The summed E-state index contributed by atoms with van der Waals surface area (Å²) in [4.78, 5) is 111. The van der Waals surface area contributed by atoms with Crippen LogP contribution in [0.2, 0.25) is 0 Å². The van der Waals surface area contributed by atoms with Crippen LogP contribution in [0.3, 0.4) is 0 Å². The largest absolute Gasteiger partial charge is 1.00 e. The minimum Gasteiger partial charge on any atom is -1.00 e. The maximum atomic E-state index is 13.8. The molecule has 0 saturated carbocycles. The Hall–Kier alpha value is -4.71. The summed E-state index contributed by atoms with van der Waals surface area (Å²) >= 11 is 1.95. The highest BCUT2D eigenvalue weighted by atomic mass is 79.9. The molecule has 7 rings (SSSR count). The molecule has 0 radical (unpaired) electrons. The lowest BCUT2D eigenvalue weighted by molar-refractivity contribution is -0.192. The first kappa shape index (κ1) is 82.5. The Kier molecular flexibility index (Phi) is 37.9. The van der Waals surface area contributed by atoms with E-state index in [9.17, 15) is 33.6 Å². The summed E-state index contributed by atoms with van der Waals surface area (Å²) in [6.45, 7) is 24.4. The molecule has 0 aromatic heterocycles. The van der Waals surface area contributed by atoms with Crippen LogP contribution in [-0.2, 0) is 90.8 Å². The first-order valence-corrected chi connectivity index (χ1v) is 37.7. The summed E-state index contributed by atoms with van der Waals surface area (Å²) in [5.41, 5.74) is 1.02. The number of esters is 5. The van der Waals surface area contributed by atoms with Crippen LogP contribution in [0.5, 0.6) is 0 Å². The van der Waals surface area contributed by atoms with Crippen molar-refractivity contribution < 1.29 is 83.8 Å². The number of unbranched alkanes of at least 4 members (excludes halogenated alkanes) is 12. The molecule has 19 heteroatoms. The van der Waals surface area contributed by atoms with Gasteiger partial charge >= 0.3 is 36.0 Å². The van der Waals surface area contributed by atoms with Crippen molar-refractivity contribution in [1.29, 1.82) is 0 Å². The number of ether oxygens (including phenoxy) is 5. The van der Waals surface area contributed by atoms with Gasteiger partial charge in [0.2, 0.25) is 11.8 Å². The summed E-state index contributed by atoms with van der Waals surface area (Å²) in [6, 6.07) is 20.7. The fourth-order valence-corrected chi connectivity index (χ4v) is 20.0. The Morgan fingerprint density at radius 3 is 1.34 bits per heavy atom. The zero-order valence-electron chi connectivity index (χ0n) is 58.3. The van der Waals surface area contributed by atoms with Gasteiger partial charge in [0.25, 0.3) is 5.92 Å². The average molecular weight is 1400 g/mol. The van der Waals surface area contributed by atoms with Gasteiger partial charge in [0, 0.05) is 54.2 Å². The summed E-state index contributed by atoms with van der Waals surface area (Å²) in [5, 5.41) is 0.972. The second-order valence-corrected chi connectivity index (χ2v) is 30.3. The molecular weight excluding hydrogens is 1280 g/mol. The molecule has 5 heterocycles. The second kappa shape index (κ2) is 42.8. The van der Waals surface area contributed by atoms with Gasteiger partial charge in [-0.1, -0.05) is 206 Å². The first-order valence-electron chi connectivity index (χ1n) is 35.0. The molecule has 2 aromatic carbocycles. The van der Waals surface area contributed by atoms with Crippen molar-refractivity contribution in [3.63, 3.8) is 0 Å². The smallest absolute Gasteiger partial charge is 0.373 e. The van der Waals surface area contributed by atoms with Gasteiger partial charge in [-0.15, -0.1) is 0 Å². The Morgan fingerprint density at radius 1 is 0.548 bits per heavy atom. The Morgan fingerprint density at radius 2 is 0.925 bits per heavy atom. The number of hydrogen-bond donors (Lipinski definition) is 0. The zero-order valence-corrected chi connectivity index (χ0v) is 61.5. The van der Waals surface area contributed by atoms with Crippen LogP contribution in [0, 0.1) is 22.2 Å². The Balaban J connectivity index is 0.000000382. The molecule has 5 fully saturated rings. The molecule has 2 aromatic rings. The van der Waals surface area contributed by atoms with E-state index >= 15 is 0 Å². The molecule has 2 amide bonds. The lowest BCUT2D eigenvalue weighted by Gasteiger charge is -2.44. The molecule has 0 aliphatic carbocycles. The third-order valence-corrected chi connectivity index (χ3v) is 25.2. The van der Waals surface area contributed by atoms with E-state index in [2.05, 4.69) is 94.7 Å². The lowest BCUT2D eigenvalue weighted by Crippen LogP contribution is -3.00. The van der Waals surface area contributed by atoms with Gasteiger partial charge in [-0.25, -0.2) is 0 Å². The fraction of sp³-hybridized carbons (Fsp3) is 0.730. The number of thioether (sulfide) groups is 1. The predicted octanol–water partition coefficient (Wildman–Crippen LogP) is 11.7. The van der Waals surface area contributed by atoms with Gasteiger partial charge in [0.05, 0.1) is 44.1 Å². The topological polar surface area (TPSA) is 206 Å². The third-order valence-electron chi connectivity index (χ3n) is 20.0. The number of amides is 2. The van der Waals surface area contributed by atoms with Crippen molar-refractivity contribution in [3.8, 4) is 0 Å². The number of rotatable bonds is 37. The van der Waals surface area contributed by atoms with Gasteiger partial charge in [-0.3, -0.25) is 33.6 Å². The number of nitrogens with zero attached hydrogens (tertiary/aromatic N) is 2. The Bertz CT molecular complexity index is 2530. The van der Waals surface area contributed by atoms with Gasteiger partial charge in [-0.2, -0.15) is 21.4 Å². The lowest BCUT2D eigenvalue weighted by atomic mass is 9.70. The van der Waals surface area contributed by atoms with Crippen LogP contribution in [0.1, 0.15) is 247 Å². The molecule has 0 bridgehead atoms. The number of fused-ring (bicyclic) bond motifs is 4. The minimum atomic E-state index is -1.63. The summed E-state index contributed by atoms with van der Waals surface area (Å²) in [6.07, 6.45) is 22.9. The van der Waals surface area contributed by atoms with Crippen LogP contribution >= 0.6 is 11.8 Å². The van der Waals surface area contributed by atoms with Crippen molar-refractivity contribution >= 4 is 70.5 Å². The fourth-order valence-electron chi connectivity index (χ4n) is 14.0. The van der Waals surface area contributed by atoms with E-state index in [1.165, 1.54) is 29.9 Å². The molecule has 5 saturated heterocycles. The normalized spacial score (nSPS) is 23.1. The highest BCUT2D eigenvalue weighted by molar-refractivity contribution is 8.00. The van der Waals surface area contributed by atoms with E-state index in [1.54, 1.807) is 0 Å². The molecule has 0 spiro atoms. The molecule has 524 valence electrons. The number of benzene rings is 2. The van der Waals surface area contributed by atoms with Crippen LogP contribution in [0.25, 0.3) is 0 Å². The Labute approximate surface area is 575 Å². The molecule has 93 heavy (non-hydrogen) atoms. The van der Waals surface area contributed by atoms with Gasteiger partial charge in [-0.05, 0) is 93.7 Å². The second-order valence-electron chi connectivity index (χ2n) is 26.8. The van der Waals surface area contributed by atoms with Crippen molar-refractivity contribution in [1.82, 2.24) is 9.80 Å². The van der Waals surface area contributed by atoms with E-state index in [1.807, 2.05) is 56.8 Å². The summed E-state index contributed by atoms with van der Waals surface area (Å²) < 4.78 is 26.8. The number of carbonyl (C=O) groups excluding carboxylic acids is 9. The zero-order chi connectivity index (χ0) is 67.6.